The van der Waals surface area contributed by atoms with Gasteiger partial charge in [-0.1, -0.05) is 0 Å². The lowest BCUT2D eigenvalue weighted by molar-refractivity contribution is -0.212. The fourth-order valence-electron chi connectivity index (χ4n) is 2.32. The largest absolute Gasteiger partial charge is 0.504 e. The molecule has 28 heavy (non-hydrogen) atoms. The van der Waals surface area contributed by atoms with Crippen LogP contribution in [0.25, 0.3) is 11.3 Å². The van der Waals surface area contributed by atoms with Gasteiger partial charge in [0, 0.05) is 30.4 Å². The molecule has 0 aliphatic heterocycles. The van der Waals surface area contributed by atoms with E-state index in [0.29, 0.717) is 0 Å². The molecule has 12 heteroatoms. The Morgan fingerprint density at radius 1 is 1.07 bits per heavy atom. The molecule has 3 aromatic rings. The van der Waals surface area contributed by atoms with Crippen molar-refractivity contribution in [2.24, 2.45) is 0 Å². The zero-order valence-corrected chi connectivity index (χ0v) is 14.1. The van der Waals surface area contributed by atoms with Gasteiger partial charge in [-0.3, -0.25) is 4.98 Å². The smallest absolute Gasteiger partial charge is 0.481 e. The Hall–Kier alpha value is -3.18. The highest BCUT2D eigenvalue weighted by atomic mass is 19.4. The Kier molecular flexibility index (Phi) is 4.96. The van der Waals surface area contributed by atoms with Crippen LogP contribution in [0.15, 0.2) is 36.8 Å². The molecule has 3 rings (SSSR count). The zero-order chi connectivity index (χ0) is 20.5. The monoisotopic (exact) mass is 403 g/mol. The van der Waals surface area contributed by atoms with Gasteiger partial charge in [0.25, 0.3) is 0 Å². The van der Waals surface area contributed by atoms with Gasteiger partial charge >= 0.3 is 12.5 Å². The molecular weight excluding hydrogens is 392 g/mol. The first-order valence-corrected chi connectivity index (χ1v) is 7.62. The number of pyridine rings is 1. The highest BCUT2D eigenvalue weighted by molar-refractivity contribution is 5.58. The number of rotatable bonds is 4. The van der Waals surface area contributed by atoms with Crippen LogP contribution in [0.5, 0.6) is 5.88 Å². The summed E-state index contributed by atoms with van der Waals surface area (Å²) >= 11 is 0. The van der Waals surface area contributed by atoms with Gasteiger partial charge in [0.15, 0.2) is 0 Å². The van der Waals surface area contributed by atoms with Gasteiger partial charge in [0.05, 0.1) is 19.0 Å². The van der Waals surface area contributed by atoms with Crippen LogP contribution in [-0.2, 0) is 18.9 Å². The van der Waals surface area contributed by atoms with E-state index in [1.165, 1.54) is 19.2 Å². The van der Waals surface area contributed by atoms with E-state index >= 15 is 0 Å². The van der Waals surface area contributed by atoms with Gasteiger partial charge in [-0.05, 0) is 17.7 Å². The van der Waals surface area contributed by atoms with Gasteiger partial charge in [-0.25, -0.2) is 4.98 Å². The van der Waals surface area contributed by atoms with Crippen LogP contribution in [0.3, 0.4) is 0 Å². The minimum absolute atomic E-state index is 0.0462. The summed E-state index contributed by atoms with van der Waals surface area (Å²) in [5.41, 5.74) is -0.709. The molecule has 0 aromatic carbocycles. The maximum atomic E-state index is 12.8. The molecule has 0 aliphatic carbocycles. The summed E-state index contributed by atoms with van der Waals surface area (Å²) in [7, 11) is 1.29. The zero-order valence-electron chi connectivity index (χ0n) is 14.1. The van der Waals surface area contributed by atoms with E-state index in [1.807, 2.05) is 0 Å². The maximum Gasteiger partial charge on any atom is 0.504 e. The Labute approximate surface area is 153 Å². The molecule has 0 fully saturated rings. The van der Waals surface area contributed by atoms with Gasteiger partial charge in [-0.2, -0.15) is 27.9 Å². The number of hydrogen-bond acceptors (Lipinski definition) is 5. The van der Waals surface area contributed by atoms with Crippen molar-refractivity contribution in [2.45, 2.75) is 18.9 Å². The summed E-state index contributed by atoms with van der Waals surface area (Å²) in [6.45, 7) is 0. The topological polar surface area (TPSA) is 65.7 Å². The molecule has 0 spiro atoms. The number of hydrogen-bond donors (Lipinski definition) is 0. The van der Waals surface area contributed by atoms with Crippen molar-refractivity contribution < 1.29 is 31.1 Å². The van der Waals surface area contributed by atoms with Gasteiger partial charge in [-0.15, -0.1) is 13.2 Å². The van der Waals surface area contributed by atoms with Crippen molar-refractivity contribution in [3.05, 3.63) is 53.9 Å². The van der Waals surface area contributed by atoms with Crippen LogP contribution >= 0.6 is 0 Å². The molecule has 0 saturated carbocycles. The third-order valence-electron chi connectivity index (χ3n) is 3.57. The molecule has 0 unspecified atom stereocenters. The standard InChI is InChI=1S/C16H11F6N5O/c1-28-14-6-11(10-7-24-27(8-10)16(20,21)22)25-13(26-14)5-9-2-3-23-12(4-9)15(17,18)19/h2-4,6-8H,5H2,1H3. The predicted molar refractivity (Wildman–Crippen MR) is 83.1 cm³/mol. The second kappa shape index (κ2) is 7.09. The fourth-order valence-corrected chi connectivity index (χ4v) is 2.32. The number of alkyl halides is 6. The Balaban J connectivity index is 1.95. The average Bonchev–Trinajstić information content (AvgIpc) is 3.11. The van der Waals surface area contributed by atoms with E-state index in [-0.39, 0.29) is 39.6 Å². The van der Waals surface area contributed by atoms with Gasteiger partial charge in [0.1, 0.15) is 11.5 Å². The Bertz CT molecular complexity index is 982. The summed E-state index contributed by atoms with van der Waals surface area (Å²) in [5.74, 6) is 0.110. The summed E-state index contributed by atoms with van der Waals surface area (Å²) in [6.07, 6.45) is -6.70. The van der Waals surface area contributed by atoms with E-state index in [2.05, 4.69) is 20.1 Å². The lowest BCUT2D eigenvalue weighted by atomic mass is 10.1. The summed E-state index contributed by atoms with van der Waals surface area (Å²) in [5, 5.41) is 3.23. The van der Waals surface area contributed by atoms with Crippen LogP contribution in [0.2, 0.25) is 0 Å². The highest BCUT2D eigenvalue weighted by Gasteiger charge is 2.33. The molecule has 0 atom stereocenters. The van der Waals surface area contributed by atoms with E-state index in [9.17, 15) is 26.3 Å². The molecule has 0 saturated heterocycles. The molecule has 0 aliphatic rings. The second-order valence-corrected chi connectivity index (χ2v) is 5.58. The number of methoxy groups -OCH3 is 1. The highest BCUT2D eigenvalue weighted by Crippen LogP contribution is 2.29. The molecule has 6 nitrogen and oxygen atoms in total. The van der Waals surface area contributed by atoms with Crippen molar-refractivity contribution in [1.82, 2.24) is 24.7 Å². The molecule has 0 N–H and O–H groups in total. The molecule has 3 aromatic heterocycles. The van der Waals surface area contributed by atoms with Crippen LogP contribution < -0.4 is 4.74 Å². The first-order chi connectivity index (χ1) is 13.1. The van der Waals surface area contributed by atoms with Gasteiger partial charge in [0.2, 0.25) is 5.88 Å². The average molecular weight is 403 g/mol. The Morgan fingerprint density at radius 3 is 2.43 bits per heavy atom. The minimum atomic E-state index is -4.69. The van der Waals surface area contributed by atoms with Crippen LogP contribution in [0.4, 0.5) is 26.3 Å². The number of aromatic nitrogens is 5. The minimum Gasteiger partial charge on any atom is -0.481 e. The Morgan fingerprint density at radius 2 is 1.82 bits per heavy atom. The summed E-state index contributed by atoms with van der Waals surface area (Å²) in [6, 6.07) is 3.51. The molecule has 3 heterocycles. The molecule has 0 bridgehead atoms. The summed E-state index contributed by atoms with van der Waals surface area (Å²) in [4.78, 5) is 11.4. The fraction of sp³-hybridized carbons (Fsp3) is 0.250. The maximum absolute atomic E-state index is 12.8. The van der Waals surface area contributed by atoms with Crippen molar-refractivity contribution in [1.29, 1.82) is 0 Å². The third kappa shape index (κ3) is 4.38. The molecule has 0 radical (unpaired) electrons. The van der Waals surface area contributed by atoms with Crippen molar-refractivity contribution in [2.75, 3.05) is 7.11 Å². The first kappa shape index (κ1) is 19.6. The van der Waals surface area contributed by atoms with Crippen molar-refractivity contribution >= 4 is 0 Å². The normalized spacial score (nSPS) is 12.2. The second-order valence-electron chi connectivity index (χ2n) is 5.58. The molecular formula is C16H11F6N5O. The quantitative estimate of drug-likeness (QED) is 0.620. The van der Waals surface area contributed by atoms with E-state index in [4.69, 9.17) is 4.74 Å². The predicted octanol–water partition coefficient (Wildman–Crippen LogP) is 3.83. The lowest BCUT2D eigenvalue weighted by Crippen LogP contribution is -2.16. The van der Waals surface area contributed by atoms with E-state index in [1.54, 1.807) is 0 Å². The van der Waals surface area contributed by atoms with E-state index in [0.717, 1.165) is 24.7 Å². The first-order valence-electron chi connectivity index (χ1n) is 7.62. The number of halogens is 6. The number of nitrogens with zero attached hydrogens (tertiary/aromatic N) is 5. The van der Waals surface area contributed by atoms with Crippen LogP contribution in [-0.4, -0.2) is 31.8 Å². The lowest BCUT2D eigenvalue weighted by Gasteiger charge is -2.09. The third-order valence-corrected chi connectivity index (χ3v) is 3.57. The van der Waals surface area contributed by atoms with Crippen LogP contribution in [0, 0.1) is 0 Å². The molecule has 148 valence electrons. The molecule has 0 amide bonds. The SMILES string of the molecule is COc1cc(-c2cnn(C(F)(F)F)c2)nc(Cc2ccnc(C(F)(F)F)c2)n1. The van der Waals surface area contributed by atoms with Crippen molar-refractivity contribution in [3.8, 4) is 17.1 Å². The summed E-state index contributed by atoms with van der Waals surface area (Å²) < 4.78 is 81.3. The number of ether oxygens (including phenoxy) is 1. The van der Waals surface area contributed by atoms with Gasteiger partial charge < -0.3 is 4.74 Å². The van der Waals surface area contributed by atoms with E-state index < -0.39 is 18.2 Å². The van der Waals surface area contributed by atoms with Crippen LogP contribution in [0.1, 0.15) is 17.1 Å². The van der Waals surface area contributed by atoms with Crippen molar-refractivity contribution in [3.63, 3.8) is 0 Å².